The van der Waals surface area contributed by atoms with Gasteiger partial charge in [-0.25, -0.2) is 9.67 Å². The van der Waals surface area contributed by atoms with Gasteiger partial charge in [0.25, 0.3) is 0 Å². The zero-order chi connectivity index (χ0) is 20.3. The molecule has 1 unspecified atom stereocenters. The standard InChI is InChI=1S/C25H20N4O/c1-25(30-2)23-21(24-26-19-15-9-10-16-20(19)28(24)25)22(17-11-5-3-6-12-17)27-29(23)18-13-7-4-8-14-18/h3-16H,1-2H3. The Hall–Kier alpha value is -3.70. The number of rotatable bonds is 3. The Bertz CT molecular complexity index is 1390. The molecule has 6 rings (SSSR count). The zero-order valence-electron chi connectivity index (χ0n) is 16.8. The summed E-state index contributed by atoms with van der Waals surface area (Å²) in [5.41, 5.74) is 6.23. The Morgan fingerprint density at radius 3 is 2.23 bits per heavy atom. The molecule has 5 aromatic rings. The highest BCUT2D eigenvalue weighted by Gasteiger charge is 2.47. The average Bonchev–Trinajstić information content (AvgIpc) is 3.45. The van der Waals surface area contributed by atoms with Gasteiger partial charge in [0.15, 0.2) is 5.72 Å². The van der Waals surface area contributed by atoms with Crippen LogP contribution in [-0.2, 0) is 10.5 Å². The van der Waals surface area contributed by atoms with E-state index in [4.69, 9.17) is 14.8 Å². The average molecular weight is 392 g/mol. The van der Waals surface area contributed by atoms with Crippen LogP contribution < -0.4 is 0 Å². The van der Waals surface area contributed by atoms with Gasteiger partial charge in [0.05, 0.1) is 22.3 Å². The van der Waals surface area contributed by atoms with E-state index in [1.807, 2.05) is 59.3 Å². The van der Waals surface area contributed by atoms with Crippen LogP contribution in [0.5, 0.6) is 0 Å². The lowest BCUT2D eigenvalue weighted by Gasteiger charge is -2.28. The van der Waals surface area contributed by atoms with E-state index in [1.165, 1.54) is 0 Å². The van der Waals surface area contributed by atoms with Crippen molar-refractivity contribution in [2.24, 2.45) is 0 Å². The highest BCUT2D eigenvalue weighted by Crippen LogP contribution is 2.50. The van der Waals surface area contributed by atoms with Crippen molar-refractivity contribution in [3.8, 4) is 28.3 Å². The van der Waals surface area contributed by atoms with Crippen molar-refractivity contribution in [2.75, 3.05) is 7.11 Å². The summed E-state index contributed by atoms with van der Waals surface area (Å²) >= 11 is 0. The van der Waals surface area contributed by atoms with E-state index in [-0.39, 0.29) is 0 Å². The molecular weight excluding hydrogens is 372 g/mol. The van der Waals surface area contributed by atoms with E-state index >= 15 is 0 Å². The molecule has 5 nitrogen and oxygen atoms in total. The molecule has 1 atom stereocenters. The maximum absolute atomic E-state index is 6.19. The van der Waals surface area contributed by atoms with Crippen molar-refractivity contribution >= 4 is 11.0 Å². The van der Waals surface area contributed by atoms with Crippen LogP contribution in [0.15, 0.2) is 84.9 Å². The normalized spacial score (nSPS) is 17.3. The van der Waals surface area contributed by atoms with Gasteiger partial charge in [0, 0.05) is 12.7 Å². The first kappa shape index (κ1) is 17.2. The van der Waals surface area contributed by atoms with Gasteiger partial charge in [-0.05, 0) is 31.2 Å². The Morgan fingerprint density at radius 2 is 1.50 bits per heavy atom. The van der Waals surface area contributed by atoms with Crippen molar-refractivity contribution in [3.63, 3.8) is 0 Å². The molecule has 3 heterocycles. The number of para-hydroxylation sites is 3. The minimum Gasteiger partial charge on any atom is -0.353 e. The molecule has 2 aromatic heterocycles. The van der Waals surface area contributed by atoms with Crippen LogP contribution in [0.1, 0.15) is 12.6 Å². The number of imidazole rings is 1. The number of hydrogen-bond acceptors (Lipinski definition) is 3. The van der Waals surface area contributed by atoms with Crippen LogP contribution in [0.25, 0.3) is 39.4 Å². The van der Waals surface area contributed by atoms with Gasteiger partial charge in [0.2, 0.25) is 0 Å². The predicted molar refractivity (Wildman–Crippen MR) is 117 cm³/mol. The smallest absolute Gasteiger partial charge is 0.187 e. The van der Waals surface area contributed by atoms with Crippen LogP contribution >= 0.6 is 0 Å². The molecule has 0 amide bonds. The summed E-state index contributed by atoms with van der Waals surface area (Å²) in [6, 6.07) is 28.7. The minimum atomic E-state index is -0.739. The molecule has 0 radical (unpaired) electrons. The van der Waals surface area contributed by atoms with Crippen LogP contribution in [0.4, 0.5) is 0 Å². The number of ether oxygens (including phenoxy) is 1. The second kappa shape index (κ2) is 6.15. The number of fused-ring (bicyclic) bond motifs is 5. The van der Waals surface area contributed by atoms with Crippen molar-refractivity contribution in [1.82, 2.24) is 19.3 Å². The number of methoxy groups -OCH3 is 1. The Morgan fingerprint density at radius 1 is 0.833 bits per heavy atom. The largest absolute Gasteiger partial charge is 0.353 e. The number of nitrogens with zero attached hydrogens (tertiary/aromatic N) is 4. The molecule has 0 N–H and O–H groups in total. The third-order valence-corrected chi connectivity index (χ3v) is 5.98. The number of benzene rings is 3. The first-order valence-electron chi connectivity index (χ1n) is 10.00. The molecule has 146 valence electrons. The third-order valence-electron chi connectivity index (χ3n) is 5.98. The molecule has 0 aliphatic carbocycles. The summed E-state index contributed by atoms with van der Waals surface area (Å²) < 4.78 is 10.4. The van der Waals surface area contributed by atoms with Crippen molar-refractivity contribution in [2.45, 2.75) is 12.6 Å². The fraction of sp³-hybridized carbons (Fsp3) is 0.120. The SMILES string of the molecule is COC1(C)c2c(c(-c3ccccc3)nn2-c2ccccc2)-c2nc3ccccc3n21. The monoisotopic (exact) mass is 392 g/mol. The fourth-order valence-corrected chi connectivity index (χ4v) is 4.53. The first-order valence-corrected chi connectivity index (χ1v) is 10.00. The number of aromatic nitrogens is 4. The summed E-state index contributed by atoms with van der Waals surface area (Å²) in [6.07, 6.45) is 0. The molecule has 0 saturated carbocycles. The molecular formula is C25H20N4O. The predicted octanol–water partition coefficient (Wildman–Crippen LogP) is 5.24. The third kappa shape index (κ3) is 2.15. The Kier molecular flexibility index (Phi) is 3.52. The topological polar surface area (TPSA) is 44.9 Å². The Labute approximate surface area is 174 Å². The highest BCUT2D eigenvalue weighted by molar-refractivity contribution is 5.90. The number of hydrogen-bond donors (Lipinski definition) is 0. The summed E-state index contributed by atoms with van der Waals surface area (Å²) in [7, 11) is 1.75. The van der Waals surface area contributed by atoms with E-state index in [0.717, 1.165) is 45.1 Å². The van der Waals surface area contributed by atoms with Gasteiger partial charge in [0.1, 0.15) is 17.2 Å². The van der Waals surface area contributed by atoms with E-state index in [2.05, 4.69) is 41.8 Å². The highest BCUT2D eigenvalue weighted by atomic mass is 16.5. The molecule has 0 bridgehead atoms. The lowest BCUT2D eigenvalue weighted by atomic mass is 10.0. The van der Waals surface area contributed by atoms with Crippen LogP contribution in [0.3, 0.4) is 0 Å². The summed E-state index contributed by atoms with van der Waals surface area (Å²) in [5, 5.41) is 5.07. The van der Waals surface area contributed by atoms with Gasteiger partial charge in [-0.3, -0.25) is 4.57 Å². The van der Waals surface area contributed by atoms with Gasteiger partial charge < -0.3 is 4.74 Å². The lowest BCUT2D eigenvalue weighted by molar-refractivity contribution is -0.0198. The molecule has 1 aliphatic heterocycles. The van der Waals surface area contributed by atoms with E-state index < -0.39 is 5.72 Å². The van der Waals surface area contributed by atoms with Crippen molar-refractivity contribution in [1.29, 1.82) is 0 Å². The van der Waals surface area contributed by atoms with Crippen LogP contribution in [0.2, 0.25) is 0 Å². The quantitative estimate of drug-likeness (QED) is 0.422. The molecule has 3 aromatic carbocycles. The van der Waals surface area contributed by atoms with E-state index in [1.54, 1.807) is 7.11 Å². The van der Waals surface area contributed by atoms with Gasteiger partial charge >= 0.3 is 0 Å². The summed E-state index contributed by atoms with van der Waals surface area (Å²) in [6.45, 7) is 2.09. The van der Waals surface area contributed by atoms with Gasteiger partial charge in [-0.1, -0.05) is 60.7 Å². The molecule has 0 saturated heterocycles. The van der Waals surface area contributed by atoms with E-state index in [9.17, 15) is 0 Å². The Balaban J connectivity index is 1.76. The maximum Gasteiger partial charge on any atom is 0.187 e. The van der Waals surface area contributed by atoms with Crippen LogP contribution in [0, 0.1) is 0 Å². The van der Waals surface area contributed by atoms with Crippen molar-refractivity contribution in [3.05, 3.63) is 90.6 Å². The lowest BCUT2D eigenvalue weighted by Crippen LogP contribution is -2.32. The van der Waals surface area contributed by atoms with E-state index in [0.29, 0.717) is 0 Å². The molecule has 0 fully saturated rings. The summed E-state index contributed by atoms with van der Waals surface area (Å²) in [4.78, 5) is 5.00. The minimum absolute atomic E-state index is 0.739. The molecule has 1 aliphatic rings. The maximum atomic E-state index is 6.19. The van der Waals surface area contributed by atoms with Crippen LogP contribution in [-0.4, -0.2) is 26.4 Å². The van der Waals surface area contributed by atoms with Gasteiger partial charge in [-0.15, -0.1) is 0 Å². The zero-order valence-corrected chi connectivity index (χ0v) is 16.8. The summed E-state index contributed by atoms with van der Waals surface area (Å²) in [5.74, 6) is 0.886. The first-order chi connectivity index (χ1) is 14.7. The van der Waals surface area contributed by atoms with Crippen molar-refractivity contribution < 1.29 is 4.74 Å². The molecule has 30 heavy (non-hydrogen) atoms. The van der Waals surface area contributed by atoms with Gasteiger partial charge in [-0.2, -0.15) is 5.10 Å². The molecule has 0 spiro atoms. The fourth-order valence-electron chi connectivity index (χ4n) is 4.53. The second-order valence-corrected chi connectivity index (χ2v) is 7.63. The molecule has 5 heteroatoms. The second-order valence-electron chi connectivity index (χ2n) is 7.63.